The van der Waals surface area contributed by atoms with E-state index in [0.29, 0.717) is 34.4 Å². The maximum atomic E-state index is 11.8. The van der Waals surface area contributed by atoms with Gasteiger partial charge in [0.1, 0.15) is 11.4 Å². The molecule has 0 saturated carbocycles. The summed E-state index contributed by atoms with van der Waals surface area (Å²) in [5.74, 6) is 2.15. The van der Waals surface area contributed by atoms with Crippen molar-refractivity contribution in [1.29, 1.82) is 0 Å². The first kappa shape index (κ1) is 20.2. The summed E-state index contributed by atoms with van der Waals surface area (Å²) in [5.41, 5.74) is 0.676. The average Bonchev–Trinajstić information content (AvgIpc) is 2.60. The minimum atomic E-state index is -0.564. The molecule has 0 saturated heterocycles. The fourth-order valence-electron chi connectivity index (χ4n) is 2.26. The highest BCUT2D eigenvalue weighted by atomic mass is 16.6. The summed E-state index contributed by atoms with van der Waals surface area (Å²) in [4.78, 5) is 16.1. The largest absolute Gasteiger partial charge is 0.493 e. The second-order valence-electron chi connectivity index (χ2n) is 6.60. The fourth-order valence-corrected chi connectivity index (χ4v) is 2.26. The van der Waals surface area contributed by atoms with E-state index in [1.165, 1.54) is 6.20 Å². The van der Waals surface area contributed by atoms with Gasteiger partial charge in [0.05, 0.1) is 33.2 Å². The summed E-state index contributed by atoms with van der Waals surface area (Å²) in [7, 11) is 4.65. The highest BCUT2D eigenvalue weighted by Gasteiger charge is 2.16. The number of benzene rings is 1. The quantitative estimate of drug-likeness (QED) is 0.782. The molecule has 0 aliphatic carbocycles. The first-order valence-electron chi connectivity index (χ1n) is 8.29. The van der Waals surface area contributed by atoms with Gasteiger partial charge in [-0.1, -0.05) is 0 Å². The van der Waals surface area contributed by atoms with E-state index in [4.69, 9.17) is 18.9 Å². The molecule has 0 fully saturated rings. The van der Waals surface area contributed by atoms with Gasteiger partial charge in [0.15, 0.2) is 11.5 Å². The lowest BCUT2D eigenvalue weighted by atomic mass is 10.2. The molecule has 0 unspecified atom stereocenters. The summed E-state index contributed by atoms with van der Waals surface area (Å²) in [6, 6.07) is 7.00. The third-order valence-electron chi connectivity index (χ3n) is 3.35. The van der Waals surface area contributed by atoms with E-state index in [1.54, 1.807) is 66.4 Å². The van der Waals surface area contributed by atoms with Crippen LogP contribution in [0.5, 0.6) is 17.2 Å². The van der Waals surface area contributed by atoms with Crippen LogP contribution in [0.15, 0.2) is 30.5 Å². The predicted octanol–water partition coefficient (Wildman–Crippen LogP) is 4.20. The SMILES string of the molecule is COc1cc(Nc2ccc(NC(=O)OC(C)(C)C)cn2)cc(OC)c1OC. The van der Waals surface area contributed by atoms with Crippen LogP contribution in [0.1, 0.15) is 20.8 Å². The number of methoxy groups -OCH3 is 3. The second kappa shape index (κ2) is 8.48. The van der Waals surface area contributed by atoms with Gasteiger partial charge >= 0.3 is 6.09 Å². The van der Waals surface area contributed by atoms with Crippen molar-refractivity contribution < 1.29 is 23.7 Å². The molecular weight excluding hydrogens is 350 g/mol. The second-order valence-corrected chi connectivity index (χ2v) is 6.60. The third kappa shape index (κ3) is 5.67. The molecule has 27 heavy (non-hydrogen) atoms. The molecule has 2 N–H and O–H groups in total. The molecule has 1 heterocycles. The Morgan fingerprint density at radius 3 is 2.04 bits per heavy atom. The van der Waals surface area contributed by atoms with Gasteiger partial charge in [0.2, 0.25) is 5.75 Å². The first-order valence-corrected chi connectivity index (χ1v) is 8.29. The smallest absolute Gasteiger partial charge is 0.412 e. The number of carbonyl (C=O) groups is 1. The number of pyridine rings is 1. The van der Waals surface area contributed by atoms with E-state index in [2.05, 4.69) is 15.6 Å². The predicted molar refractivity (Wildman–Crippen MR) is 103 cm³/mol. The van der Waals surface area contributed by atoms with Gasteiger partial charge < -0.3 is 24.3 Å². The lowest BCUT2D eigenvalue weighted by Gasteiger charge is -2.19. The van der Waals surface area contributed by atoms with E-state index in [9.17, 15) is 4.79 Å². The number of rotatable bonds is 6. The van der Waals surface area contributed by atoms with Gasteiger partial charge in [-0.2, -0.15) is 0 Å². The zero-order valence-electron chi connectivity index (χ0n) is 16.4. The number of hydrogen-bond acceptors (Lipinski definition) is 7. The molecule has 0 bridgehead atoms. The van der Waals surface area contributed by atoms with Gasteiger partial charge in [-0.15, -0.1) is 0 Å². The number of carbonyl (C=O) groups excluding carboxylic acids is 1. The Balaban J connectivity index is 2.11. The molecular formula is C19H25N3O5. The zero-order valence-corrected chi connectivity index (χ0v) is 16.4. The van der Waals surface area contributed by atoms with Crippen LogP contribution in [0, 0.1) is 0 Å². The van der Waals surface area contributed by atoms with Crippen molar-refractivity contribution in [3.05, 3.63) is 30.5 Å². The van der Waals surface area contributed by atoms with Crippen LogP contribution in [0.4, 0.5) is 22.0 Å². The molecule has 0 aliphatic heterocycles. The van der Waals surface area contributed by atoms with Gasteiger partial charge in [0.25, 0.3) is 0 Å². The van der Waals surface area contributed by atoms with Crippen molar-refractivity contribution in [3.63, 3.8) is 0 Å². The number of hydrogen-bond donors (Lipinski definition) is 2. The Morgan fingerprint density at radius 1 is 0.963 bits per heavy atom. The van der Waals surface area contributed by atoms with E-state index < -0.39 is 11.7 Å². The van der Waals surface area contributed by atoms with E-state index in [1.807, 2.05) is 0 Å². The van der Waals surface area contributed by atoms with Crippen molar-refractivity contribution in [1.82, 2.24) is 4.98 Å². The summed E-state index contributed by atoms with van der Waals surface area (Å²) in [6.45, 7) is 5.40. The van der Waals surface area contributed by atoms with E-state index in [-0.39, 0.29) is 0 Å². The molecule has 2 aromatic rings. The maximum absolute atomic E-state index is 11.8. The standard InChI is InChI=1S/C19H25N3O5/c1-19(2,3)27-18(23)22-12-7-8-16(20-11-12)21-13-9-14(24-4)17(26-6)15(10-13)25-5/h7-11H,1-6H3,(H,20,21)(H,22,23). The van der Waals surface area contributed by atoms with Crippen LogP contribution in [0.2, 0.25) is 0 Å². The minimum Gasteiger partial charge on any atom is -0.493 e. The van der Waals surface area contributed by atoms with Crippen molar-refractivity contribution in [2.45, 2.75) is 26.4 Å². The van der Waals surface area contributed by atoms with Crippen molar-refractivity contribution in [3.8, 4) is 17.2 Å². The number of nitrogens with zero attached hydrogens (tertiary/aromatic N) is 1. The van der Waals surface area contributed by atoms with Gasteiger partial charge in [0, 0.05) is 17.8 Å². The Morgan fingerprint density at radius 2 is 1.59 bits per heavy atom. The van der Waals surface area contributed by atoms with Crippen LogP contribution >= 0.6 is 0 Å². The molecule has 8 nitrogen and oxygen atoms in total. The number of anilines is 3. The van der Waals surface area contributed by atoms with Crippen LogP contribution in [0.25, 0.3) is 0 Å². The molecule has 8 heteroatoms. The van der Waals surface area contributed by atoms with Gasteiger partial charge in [-0.3, -0.25) is 5.32 Å². The maximum Gasteiger partial charge on any atom is 0.412 e. The Labute approximate surface area is 158 Å². The topological polar surface area (TPSA) is 90.9 Å². The zero-order chi connectivity index (χ0) is 20.0. The number of ether oxygens (including phenoxy) is 4. The fraction of sp³-hybridized carbons (Fsp3) is 0.368. The minimum absolute atomic E-state index is 0.510. The number of aromatic nitrogens is 1. The summed E-state index contributed by atoms with van der Waals surface area (Å²) < 4.78 is 21.2. The summed E-state index contributed by atoms with van der Waals surface area (Å²) in [6.07, 6.45) is 0.999. The van der Waals surface area contributed by atoms with Crippen molar-refractivity contribution in [2.75, 3.05) is 32.0 Å². The number of amides is 1. The van der Waals surface area contributed by atoms with Crippen molar-refractivity contribution >= 4 is 23.3 Å². The first-order chi connectivity index (χ1) is 12.8. The lowest BCUT2D eigenvalue weighted by Crippen LogP contribution is -2.27. The Bertz CT molecular complexity index is 760. The third-order valence-corrected chi connectivity index (χ3v) is 3.35. The lowest BCUT2D eigenvalue weighted by molar-refractivity contribution is 0.0636. The molecule has 0 spiro atoms. The van der Waals surface area contributed by atoms with E-state index in [0.717, 1.165) is 0 Å². The molecule has 0 aliphatic rings. The summed E-state index contributed by atoms with van der Waals surface area (Å²) in [5, 5.41) is 5.79. The van der Waals surface area contributed by atoms with Gasteiger partial charge in [-0.05, 0) is 32.9 Å². The van der Waals surface area contributed by atoms with Gasteiger partial charge in [-0.25, -0.2) is 9.78 Å². The van der Waals surface area contributed by atoms with Crippen LogP contribution in [0.3, 0.4) is 0 Å². The van der Waals surface area contributed by atoms with Crippen LogP contribution in [-0.2, 0) is 4.74 Å². The molecule has 1 aromatic carbocycles. The Kier molecular flexibility index (Phi) is 6.33. The van der Waals surface area contributed by atoms with E-state index >= 15 is 0 Å². The highest BCUT2D eigenvalue weighted by Crippen LogP contribution is 2.40. The number of nitrogens with one attached hydrogen (secondary N) is 2. The molecule has 0 radical (unpaired) electrons. The molecule has 0 atom stereocenters. The molecule has 1 aromatic heterocycles. The Hall–Kier alpha value is -3.16. The highest BCUT2D eigenvalue weighted by molar-refractivity contribution is 5.84. The van der Waals surface area contributed by atoms with Crippen LogP contribution in [-0.4, -0.2) is 38.0 Å². The monoisotopic (exact) mass is 375 g/mol. The van der Waals surface area contributed by atoms with Crippen LogP contribution < -0.4 is 24.8 Å². The average molecular weight is 375 g/mol. The molecule has 2 rings (SSSR count). The normalized spacial score (nSPS) is 10.7. The van der Waals surface area contributed by atoms with Crippen molar-refractivity contribution in [2.24, 2.45) is 0 Å². The summed E-state index contributed by atoms with van der Waals surface area (Å²) >= 11 is 0. The molecule has 1 amide bonds. The molecule has 146 valence electrons.